The van der Waals surface area contributed by atoms with Crippen molar-refractivity contribution in [1.82, 2.24) is 5.32 Å². The molecule has 4 nitrogen and oxygen atoms in total. The molecule has 0 spiro atoms. The Morgan fingerprint density at radius 3 is 2.59 bits per heavy atom. The summed E-state index contributed by atoms with van der Waals surface area (Å²) in [6, 6.07) is 11.7. The molecule has 3 atom stereocenters. The Bertz CT molecular complexity index is 890. The van der Waals surface area contributed by atoms with E-state index in [9.17, 15) is 13.6 Å². The van der Waals surface area contributed by atoms with Crippen LogP contribution in [0.1, 0.15) is 37.9 Å². The van der Waals surface area contributed by atoms with Crippen LogP contribution in [0.25, 0.3) is 6.08 Å². The summed E-state index contributed by atoms with van der Waals surface area (Å²) in [5, 5.41) is 2.86. The first kappa shape index (κ1) is 21.0. The second-order valence-corrected chi connectivity index (χ2v) is 7.46. The second-order valence-electron chi connectivity index (χ2n) is 7.46. The minimum atomic E-state index is -0.966. The molecule has 0 radical (unpaired) electrons. The molecule has 1 amide bonds. The lowest BCUT2D eigenvalue weighted by Crippen LogP contribution is -2.45. The van der Waals surface area contributed by atoms with Crippen molar-refractivity contribution in [2.24, 2.45) is 0 Å². The summed E-state index contributed by atoms with van der Waals surface area (Å²) in [4.78, 5) is 14.5. The molecule has 1 saturated heterocycles. The molecule has 0 bridgehead atoms. The predicted octanol–water partition coefficient (Wildman–Crippen LogP) is 4.47. The van der Waals surface area contributed by atoms with Crippen molar-refractivity contribution < 1.29 is 18.3 Å². The zero-order valence-corrected chi connectivity index (χ0v) is 16.9. The number of anilines is 1. The van der Waals surface area contributed by atoms with Gasteiger partial charge in [0, 0.05) is 30.4 Å². The molecule has 154 valence electrons. The van der Waals surface area contributed by atoms with Crippen LogP contribution in [0, 0.1) is 11.6 Å². The fraction of sp³-hybridized carbons (Fsp3) is 0.348. The van der Waals surface area contributed by atoms with Crippen LogP contribution in [0.5, 0.6) is 0 Å². The second kappa shape index (κ2) is 9.18. The number of nitrogens with one attached hydrogen (secondary N) is 1. The van der Waals surface area contributed by atoms with Gasteiger partial charge >= 0.3 is 0 Å². The Hall–Kier alpha value is -2.73. The zero-order chi connectivity index (χ0) is 21.0. The van der Waals surface area contributed by atoms with E-state index in [-0.39, 0.29) is 29.7 Å². The lowest BCUT2D eigenvalue weighted by molar-refractivity contribution is -0.117. The number of ether oxygens (including phenoxy) is 1. The first-order valence-corrected chi connectivity index (χ1v) is 9.76. The topological polar surface area (TPSA) is 41.6 Å². The van der Waals surface area contributed by atoms with Gasteiger partial charge in [-0.2, -0.15) is 0 Å². The minimum Gasteiger partial charge on any atom is -0.372 e. The van der Waals surface area contributed by atoms with Crippen molar-refractivity contribution in [3.05, 3.63) is 71.3 Å². The van der Waals surface area contributed by atoms with Crippen LogP contribution in [0.3, 0.4) is 0 Å². The van der Waals surface area contributed by atoms with Crippen LogP contribution in [0.4, 0.5) is 14.5 Å². The molecular weight excluding hydrogens is 374 g/mol. The predicted molar refractivity (Wildman–Crippen MR) is 111 cm³/mol. The van der Waals surface area contributed by atoms with Crippen LogP contribution in [-0.2, 0) is 9.53 Å². The molecular formula is C23H26F2N2O2. The van der Waals surface area contributed by atoms with E-state index in [1.54, 1.807) is 0 Å². The quantitative estimate of drug-likeness (QED) is 0.753. The molecule has 2 aromatic rings. The Kier molecular flexibility index (Phi) is 6.64. The maximum Gasteiger partial charge on any atom is 0.244 e. The monoisotopic (exact) mass is 400 g/mol. The van der Waals surface area contributed by atoms with Crippen LogP contribution < -0.4 is 10.2 Å². The molecule has 29 heavy (non-hydrogen) atoms. The molecule has 1 N–H and O–H groups in total. The summed E-state index contributed by atoms with van der Waals surface area (Å²) in [5.41, 5.74) is 2.08. The third-order valence-corrected chi connectivity index (χ3v) is 4.91. The van der Waals surface area contributed by atoms with Gasteiger partial charge in [-0.25, -0.2) is 8.78 Å². The molecule has 1 aliphatic heterocycles. The van der Waals surface area contributed by atoms with Gasteiger partial charge < -0.3 is 15.0 Å². The Balaban J connectivity index is 1.66. The third kappa shape index (κ3) is 5.41. The number of halogens is 2. The number of rotatable bonds is 5. The van der Waals surface area contributed by atoms with Gasteiger partial charge in [-0.05, 0) is 50.6 Å². The van der Waals surface area contributed by atoms with E-state index in [4.69, 9.17) is 4.74 Å². The highest BCUT2D eigenvalue weighted by molar-refractivity contribution is 5.92. The Morgan fingerprint density at radius 2 is 1.86 bits per heavy atom. The van der Waals surface area contributed by atoms with Gasteiger partial charge in [-0.15, -0.1) is 0 Å². The normalized spacial score (nSPS) is 20.7. The molecule has 0 saturated carbocycles. The molecule has 0 unspecified atom stereocenters. The molecule has 0 aromatic heterocycles. The van der Waals surface area contributed by atoms with Crippen LogP contribution in [0.2, 0.25) is 0 Å². The highest BCUT2D eigenvalue weighted by atomic mass is 19.2. The van der Waals surface area contributed by atoms with Crippen molar-refractivity contribution >= 4 is 17.7 Å². The average Bonchev–Trinajstić information content (AvgIpc) is 2.68. The minimum absolute atomic E-state index is 0.0327. The number of benzene rings is 2. The molecule has 0 aliphatic carbocycles. The van der Waals surface area contributed by atoms with Crippen molar-refractivity contribution in [2.45, 2.75) is 39.0 Å². The summed E-state index contributed by atoms with van der Waals surface area (Å²) in [5.74, 6) is -2.28. The van der Waals surface area contributed by atoms with Gasteiger partial charge in [0.25, 0.3) is 0 Å². The smallest absolute Gasteiger partial charge is 0.244 e. The highest BCUT2D eigenvalue weighted by Crippen LogP contribution is 2.24. The van der Waals surface area contributed by atoms with E-state index in [0.29, 0.717) is 0 Å². The lowest BCUT2D eigenvalue weighted by Gasteiger charge is -2.37. The highest BCUT2D eigenvalue weighted by Gasteiger charge is 2.22. The van der Waals surface area contributed by atoms with E-state index in [1.807, 2.05) is 19.1 Å². The van der Waals surface area contributed by atoms with E-state index in [0.717, 1.165) is 30.4 Å². The van der Waals surface area contributed by atoms with Crippen molar-refractivity contribution in [1.29, 1.82) is 0 Å². The summed E-state index contributed by atoms with van der Waals surface area (Å²) in [7, 11) is 0. The van der Waals surface area contributed by atoms with E-state index < -0.39 is 11.6 Å². The molecule has 2 aromatic carbocycles. The first-order valence-electron chi connectivity index (χ1n) is 9.76. The summed E-state index contributed by atoms with van der Waals surface area (Å²) in [6.45, 7) is 7.64. The number of carbonyl (C=O) groups is 1. The molecule has 6 heteroatoms. The first-order chi connectivity index (χ1) is 13.8. The largest absolute Gasteiger partial charge is 0.372 e. The van der Waals surface area contributed by atoms with Gasteiger partial charge in [0.1, 0.15) is 0 Å². The maximum absolute atomic E-state index is 13.7. The van der Waals surface area contributed by atoms with E-state index >= 15 is 0 Å². The third-order valence-electron chi connectivity index (χ3n) is 4.91. The maximum atomic E-state index is 13.7. The number of nitrogens with zero attached hydrogens (tertiary/aromatic N) is 1. The summed E-state index contributed by atoms with van der Waals surface area (Å²) < 4.78 is 32.7. The van der Waals surface area contributed by atoms with Gasteiger partial charge in [0.15, 0.2) is 11.6 Å². The fourth-order valence-corrected chi connectivity index (χ4v) is 3.54. The van der Waals surface area contributed by atoms with Gasteiger partial charge in [0.2, 0.25) is 5.91 Å². The van der Waals surface area contributed by atoms with Gasteiger partial charge in [-0.3, -0.25) is 4.79 Å². The van der Waals surface area contributed by atoms with Crippen molar-refractivity contribution in [2.75, 3.05) is 18.0 Å². The van der Waals surface area contributed by atoms with Crippen LogP contribution >= 0.6 is 0 Å². The van der Waals surface area contributed by atoms with Crippen molar-refractivity contribution in [3.8, 4) is 0 Å². The SMILES string of the molecule is C[C@@H]1CN(c2cccc([C@@H](C)NC(=O)C=Cc3cccc(F)c3F)c2)C[C@H](C)O1. The summed E-state index contributed by atoms with van der Waals surface area (Å²) >= 11 is 0. The fourth-order valence-electron chi connectivity index (χ4n) is 3.54. The average molecular weight is 400 g/mol. The Labute approximate surface area is 170 Å². The number of hydrogen-bond donors (Lipinski definition) is 1. The molecule has 1 aliphatic rings. The standard InChI is InChI=1S/C23H26F2N2O2/c1-15-13-27(14-16(2)29-15)20-8-4-7-19(12-20)17(3)26-22(28)11-10-18-6-5-9-21(24)23(18)25/h4-12,15-17H,13-14H2,1-3H3,(H,26,28)/t15-,16+,17-/m1/s1. The number of amides is 1. The number of carbonyl (C=O) groups excluding carboxylic acids is 1. The lowest BCUT2D eigenvalue weighted by atomic mass is 10.1. The van der Waals surface area contributed by atoms with Gasteiger partial charge in [0.05, 0.1) is 18.2 Å². The zero-order valence-electron chi connectivity index (χ0n) is 16.9. The van der Waals surface area contributed by atoms with Crippen molar-refractivity contribution in [3.63, 3.8) is 0 Å². The Morgan fingerprint density at radius 1 is 1.17 bits per heavy atom. The number of hydrogen-bond acceptors (Lipinski definition) is 3. The van der Waals surface area contributed by atoms with E-state index in [2.05, 4.69) is 36.2 Å². The van der Waals surface area contributed by atoms with Crippen LogP contribution in [-0.4, -0.2) is 31.2 Å². The van der Waals surface area contributed by atoms with E-state index in [1.165, 1.54) is 24.3 Å². The number of morpholine rings is 1. The molecule has 3 rings (SSSR count). The van der Waals surface area contributed by atoms with Crippen LogP contribution in [0.15, 0.2) is 48.5 Å². The molecule has 1 fully saturated rings. The molecule has 1 heterocycles. The summed E-state index contributed by atoms with van der Waals surface area (Å²) in [6.07, 6.45) is 2.80. The van der Waals surface area contributed by atoms with Gasteiger partial charge in [-0.1, -0.05) is 24.3 Å².